The second-order valence-corrected chi connectivity index (χ2v) is 8.77. The van der Waals surface area contributed by atoms with E-state index in [0.717, 1.165) is 42.4 Å². The Kier molecular flexibility index (Phi) is 5.57. The van der Waals surface area contributed by atoms with E-state index < -0.39 is 0 Å². The molecule has 3 heterocycles. The molecule has 0 saturated carbocycles. The van der Waals surface area contributed by atoms with Gasteiger partial charge in [-0.25, -0.2) is 4.98 Å². The van der Waals surface area contributed by atoms with Crippen LogP contribution in [-0.2, 0) is 16.0 Å². The van der Waals surface area contributed by atoms with Crippen LogP contribution in [-0.4, -0.2) is 53.7 Å². The predicted octanol–water partition coefficient (Wildman–Crippen LogP) is 2.97. The standard InChI is InChI=1S/C21H27N3O2S/c1-14(2)19-11-24-10-16(8-18(24)12-26-19)22-20(25)9-17-13-27-21(23-17)15-6-4-3-5-7-15/h3-7,13-14,16,18-19H,8-12H2,1-2H3,(H,22,25)/t16-,18+,19-/m1/s1. The van der Waals surface area contributed by atoms with Crippen LogP contribution >= 0.6 is 11.3 Å². The van der Waals surface area contributed by atoms with Gasteiger partial charge < -0.3 is 10.1 Å². The predicted molar refractivity (Wildman–Crippen MR) is 108 cm³/mol. The molecule has 0 unspecified atom stereocenters. The maximum Gasteiger partial charge on any atom is 0.226 e. The van der Waals surface area contributed by atoms with E-state index in [-0.39, 0.29) is 11.9 Å². The smallest absolute Gasteiger partial charge is 0.226 e. The van der Waals surface area contributed by atoms with Gasteiger partial charge in [-0.2, -0.15) is 0 Å². The van der Waals surface area contributed by atoms with E-state index in [1.165, 1.54) is 0 Å². The van der Waals surface area contributed by atoms with E-state index in [0.29, 0.717) is 24.5 Å². The Morgan fingerprint density at radius 2 is 2.15 bits per heavy atom. The Bertz CT molecular complexity index is 777. The Balaban J connectivity index is 1.30. The molecule has 144 valence electrons. The normalized spacial score (nSPS) is 25.5. The second kappa shape index (κ2) is 8.09. The summed E-state index contributed by atoms with van der Waals surface area (Å²) in [5, 5.41) is 6.16. The Morgan fingerprint density at radius 1 is 1.33 bits per heavy atom. The number of amides is 1. The highest BCUT2D eigenvalue weighted by atomic mass is 32.1. The molecule has 0 spiro atoms. The van der Waals surface area contributed by atoms with E-state index in [9.17, 15) is 4.79 Å². The van der Waals surface area contributed by atoms with Gasteiger partial charge in [0, 0.05) is 36.1 Å². The number of carbonyl (C=O) groups is 1. The molecule has 1 amide bonds. The minimum atomic E-state index is 0.0612. The summed E-state index contributed by atoms with van der Waals surface area (Å²) in [6.45, 7) is 7.09. The van der Waals surface area contributed by atoms with Crippen molar-refractivity contribution in [2.24, 2.45) is 5.92 Å². The summed E-state index contributed by atoms with van der Waals surface area (Å²) in [6, 6.07) is 10.7. The SMILES string of the molecule is CC(C)[C@H]1CN2C[C@H](NC(=O)Cc3csc(-c4ccccc4)n3)C[C@H]2CO1. The lowest BCUT2D eigenvalue weighted by Crippen LogP contribution is -2.48. The third kappa shape index (κ3) is 4.39. The number of nitrogens with zero attached hydrogens (tertiary/aromatic N) is 2. The number of fused-ring (bicyclic) bond motifs is 1. The van der Waals surface area contributed by atoms with Gasteiger partial charge in [0.25, 0.3) is 0 Å². The largest absolute Gasteiger partial charge is 0.375 e. The summed E-state index contributed by atoms with van der Waals surface area (Å²) in [7, 11) is 0. The molecule has 2 aliphatic heterocycles. The van der Waals surface area contributed by atoms with Crippen LogP contribution in [0.2, 0.25) is 0 Å². The van der Waals surface area contributed by atoms with Crippen molar-refractivity contribution in [2.45, 2.75) is 44.9 Å². The topological polar surface area (TPSA) is 54.5 Å². The van der Waals surface area contributed by atoms with Crippen molar-refractivity contribution >= 4 is 17.2 Å². The summed E-state index contributed by atoms with van der Waals surface area (Å²) in [5.41, 5.74) is 1.94. The number of rotatable bonds is 5. The van der Waals surface area contributed by atoms with E-state index >= 15 is 0 Å². The fourth-order valence-electron chi connectivity index (χ4n) is 3.95. The Morgan fingerprint density at radius 3 is 2.93 bits per heavy atom. The first-order valence-electron chi connectivity index (χ1n) is 9.73. The molecule has 1 N–H and O–H groups in total. The molecule has 2 aromatic rings. The van der Waals surface area contributed by atoms with Crippen molar-refractivity contribution in [2.75, 3.05) is 19.7 Å². The van der Waals surface area contributed by atoms with Gasteiger partial charge in [-0.1, -0.05) is 44.2 Å². The fraction of sp³-hybridized carbons (Fsp3) is 0.524. The minimum Gasteiger partial charge on any atom is -0.375 e. The van der Waals surface area contributed by atoms with Crippen LogP contribution in [0.4, 0.5) is 0 Å². The van der Waals surface area contributed by atoms with Crippen LogP contribution in [0.25, 0.3) is 10.6 Å². The molecular formula is C21H27N3O2S. The van der Waals surface area contributed by atoms with Gasteiger partial charge in [0.1, 0.15) is 5.01 Å². The van der Waals surface area contributed by atoms with Crippen LogP contribution < -0.4 is 5.32 Å². The molecule has 0 bridgehead atoms. The zero-order valence-corrected chi connectivity index (χ0v) is 16.7. The minimum absolute atomic E-state index is 0.0612. The molecule has 0 radical (unpaired) electrons. The average Bonchev–Trinajstić information content (AvgIpc) is 3.27. The first-order chi connectivity index (χ1) is 13.1. The Labute approximate surface area is 164 Å². The van der Waals surface area contributed by atoms with Crippen molar-refractivity contribution in [3.05, 3.63) is 41.4 Å². The van der Waals surface area contributed by atoms with Crippen molar-refractivity contribution in [1.82, 2.24) is 15.2 Å². The van der Waals surface area contributed by atoms with Crippen molar-refractivity contribution in [3.63, 3.8) is 0 Å². The monoisotopic (exact) mass is 385 g/mol. The average molecular weight is 386 g/mol. The maximum atomic E-state index is 12.5. The third-order valence-corrected chi connectivity index (χ3v) is 6.41. The molecule has 27 heavy (non-hydrogen) atoms. The van der Waals surface area contributed by atoms with Gasteiger partial charge in [-0.3, -0.25) is 9.69 Å². The lowest BCUT2D eigenvalue weighted by Gasteiger charge is -2.36. The number of hydrogen-bond acceptors (Lipinski definition) is 5. The highest BCUT2D eigenvalue weighted by Gasteiger charge is 2.38. The van der Waals surface area contributed by atoms with Gasteiger partial charge >= 0.3 is 0 Å². The van der Waals surface area contributed by atoms with E-state index in [1.54, 1.807) is 11.3 Å². The molecule has 6 heteroatoms. The maximum absolute atomic E-state index is 12.5. The summed E-state index contributed by atoms with van der Waals surface area (Å²) in [5.74, 6) is 0.592. The molecule has 4 rings (SSSR count). The molecule has 2 saturated heterocycles. The van der Waals surface area contributed by atoms with Crippen molar-refractivity contribution < 1.29 is 9.53 Å². The number of thiazole rings is 1. The number of nitrogens with one attached hydrogen (secondary N) is 1. The van der Waals surface area contributed by atoms with E-state index in [1.807, 2.05) is 35.7 Å². The number of hydrogen-bond donors (Lipinski definition) is 1. The zero-order valence-electron chi connectivity index (χ0n) is 15.9. The lowest BCUT2D eigenvalue weighted by atomic mass is 10.0. The number of benzene rings is 1. The molecule has 1 aromatic heterocycles. The summed E-state index contributed by atoms with van der Waals surface area (Å²) < 4.78 is 5.98. The molecule has 3 atom stereocenters. The highest BCUT2D eigenvalue weighted by molar-refractivity contribution is 7.13. The molecule has 5 nitrogen and oxygen atoms in total. The highest BCUT2D eigenvalue weighted by Crippen LogP contribution is 2.26. The van der Waals surface area contributed by atoms with Crippen LogP contribution in [0, 0.1) is 5.92 Å². The van der Waals surface area contributed by atoms with Crippen LogP contribution in [0.5, 0.6) is 0 Å². The van der Waals surface area contributed by atoms with Crippen LogP contribution in [0.15, 0.2) is 35.7 Å². The van der Waals surface area contributed by atoms with Gasteiger partial charge in [-0.05, 0) is 12.3 Å². The fourth-order valence-corrected chi connectivity index (χ4v) is 4.78. The van der Waals surface area contributed by atoms with Gasteiger partial charge in [0.15, 0.2) is 0 Å². The second-order valence-electron chi connectivity index (χ2n) is 7.91. The number of aromatic nitrogens is 1. The van der Waals surface area contributed by atoms with Crippen molar-refractivity contribution in [1.29, 1.82) is 0 Å². The third-order valence-electron chi connectivity index (χ3n) is 5.47. The zero-order chi connectivity index (χ0) is 18.8. The Hall–Kier alpha value is -1.76. The van der Waals surface area contributed by atoms with Gasteiger partial charge in [0.2, 0.25) is 5.91 Å². The van der Waals surface area contributed by atoms with E-state index in [4.69, 9.17) is 4.74 Å². The first-order valence-corrected chi connectivity index (χ1v) is 10.6. The first kappa shape index (κ1) is 18.6. The number of ether oxygens (including phenoxy) is 1. The molecular weight excluding hydrogens is 358 g/mol. The van der Waals surface area contributed by atoms with Crippen molar-refractivity contribution in [3.8, 4) is 10.6 Å². The number of carbonyl (C=O) groups excluding carboxylic acids is 1. The molecule has 0 aliphatic carbocycles. The van der Waals surface area contributed by atoms with Crippen LogP contribution in [0.3, 0.4) is 0 Å². The summed E-state index contributed by atoms with van der Waals surface area (Å²) >= 11 is 1.59. The van der Waals surface area contributed by atoms with Gasteiger partial charge in [-0.15, -0.1) is 11.3 Å². The lowest BCUT2D eigenvalue weighted by molar-refractivity contribution is -0.121. The molecule has 2 aliphatic rings. The number of morpholine rings is 1. The summed E-state index contributed by atoms with van der Waals surface area (Å²) in [4.78, 5) is 19.6. The van der Waals surface area contributed by atoms with Gasteiger partial charge in [0.05, 0.1) is 24.8 Å². The quantitative estimate of drug-likeness (QED) is 0.860. The summed E-state index contributed by atoms with van der Waals surface area (Å²) in [6.07, 6.45) is 1.63. The van der Waals surface area contributed by atoms with Crippen LogP contribution in [0.1, 0.15) is 26.0 Å². The van der Waals surface area contributed by atoms with E-state index in [2.05, 4.69) is 29.0 Å². The molecule has 1 aromatic carbocycles. The molecule has 2 fully saturated rings.